The first-order chi connectivity index (χ1) is 12.8. The summed E-state index contributed by atoms with van der Waals surface area (Å²) in [5.74, 6) is -0.606. The second-order valence-corrected chi connectivity index (χ2v) is 6.45. The number of aromatic nitrogens is 3. The van der Waals surface area contributed by atoms with Gasteiger partial charge >= 0.3 is 11.7 Å². The number of carbonyl (C=O) groups excluding carboxylic acids is 1. The minimum Gasteiger partial charge on any atom is -0.462 e. The first-order valence-corrected chi connectivity index (χ1v) is 8.67. The third-order valence-corrected chi connectivity index (χ3v) is 4.38. The molecule has 0 aliphatic heterocycles. The fraction of sp³-hybridized carbons (Fsp3) is 0.300. The molecule has 0 saturated carbocycles. The second-order valence-electron chi connectivity index (χ2n) is 6.45. The summed E-state index contributed by atoms with van der Waals surface area (Å²) >= 11 is 0. The Labute approximate surface area is 155 Å². The number of aryl methyl sites for hydroxylation is 3. The van der Waals surface area contributed by atoms with Crippen molar-refractivity contribution in [2.24, 2.45) is 7.05 Å². The highest BCUT2D eigenvalue weighted by atomic mass is 16.5. The molecule has 0 unspecified atom stereocenters. The third kappa shape index (κ3) is 3.40. The van der Waals surface area contributed by atoms with Crippen LogP contribution in [0.5, 0.6) is 0 Å². The normalized spacial score (nSPS) is 11.0. The first kappa shape index (κ1) is 18.6. The Kier molecular flexibility index (Phi) is 4.94. The Hall–Kier alpha value is -3.22. The number of hydrogen-bond donors (Lipinski definition) is 0. The van der Waals surface area contributed by atoms with Crippen LogP contribution in [0.3, 0.4) is 0 Å². The Balaban J connectivity index is 2.30. The highest BCUT2D eigenvalue weighted by molar-refractivity contribution is 6.02. The first-order valence-electron chi connectivity index (χ1n) is 8.67. The topological polar surface area (TPSA) is 83.2 Å². The van der Waals surface area contributed by atoms with Crippen LogP contribution in [0.4, 0.5) is 0 Å². The SMILES string of the molecule is CCOC(=O)c1cc(C)nc2c1c(=O)n(Cc1ccc(C)cc1)c(=O)n2C. The van der Waals surface area contributed by atoms with Crippen LogP contribution >= 0.6 is 0 Å². The molecule has 7 heteroatoms. The summed E-state index contributed by atoms with van der Waals surface area (Å²) in [5, 5.41) is 0.0910. The van der Waals surface area contributed by atoms with Crippen molar-refractivity contribution < 1.29 is 9.53 Å². The molecule has 2 heterocycles. The van der Waals surface area contributed by atoms with E-state index in [0.29, 0.717) is 5.69 Å². The summed E-state index contributed by atoms with van der Waals surface area (Å²) in [5.41, 5.74) is 1.69. The molecule has 0 aliphatic rings. The zero-order valence-electron chi connectivity index (χ0n) is 15.8. The van der Waals surface area contributed by atoms with E-state index < -0.39 is 17.2 Å². The van der Waals surface area contributed by atoms with Gasteiger partial charge in [-0.1, -0.05) is 29.8 Å². The number of esters is 1. The largest absolute Gasteiger partial charge is 0.462 e. The van der Waals surface area contributed by atoms with E-state index in [0.717, 1.165) is 15.7 Å². The van der Waals surface area contributed by atoms with Crippen molar-refractivity contribution in [3.63, 3.8) is 0 Å². The van der Waals surface area contributed by atoms with E-state index >= 15 is 0 Å². The number of rotatable bonds is 4. The summed E-state index contributed by atoms with van der Waals surface area (Å²) < 4.78 is 7.50. The Bertz CT molecular complexity index is 1140. The molecule has 1 aromatic carbocycles. The van der Waals surface area contributed by atoms with E-state index in [4.69, 9.17) is 4.74 Å². The fourth-order valence-corrected chi connectivity index (χ4v) is 2.99. The van der Waals surface area contributed by atoms with Gasteiger partial charge in [0.1, 0.15) is 5.65 Å². The Morgan fingerprint density at radius 1 is 1.15 bits per heavy atom. The van der Waals surface area contributed by atoms with Crippen LogP contribution in [-0.4, -0.2) is 26.7 Å². The lowest BCUT2D eigenvalue weighted by Crippen LogP contribution is -2.40. The van der Waals surface area contributed by atoms with Crippen LogP contribution < -0.4 is 11.2 Å². The van der Waals surface area contributed by atoms with Gasteiger partial charge in [0.25, 0.3) is 5.56 Å². The van der Waals surface area contributed by atoms with Gasteiger partial charge in [0, 0.05) is 12.7 Å². The summed E-state index contributed by atoms with van der Waals surface area (Å²) in [6.07, 6.45) is 0. The molecule has 27 heavy (non-hydrogen) atoms. The van der Waals surface area contributed by atoms with E-state index in [1.807, 2.05) is 31.2 Å². The molecule has 0 aliphatic carbocycles. The smallest absolute Gasteiger partial charge is 0.339 e. The van der Waals surface area contributed by atoms with Crippen molar-refractivity contribution in [2.45, 2.75) is 27.3 Å². The standard InChI is InChI=1S/C20H21N3O4/c1-5-27-19(25)15-10-13(3)21-17-16(15)18(24)23(20(26)22(17)4)11-14-8-6-12(2)7-9-14/h6-10H,5,11H2,1-4H3. The number of benzene rings is 1. The molecule has 140 valence electrons. The van der Waals surface area contributed by atoms with Crippen molar-refractivity contribution in [3.05, 3.63) is 73.6 Å². The maximum Gasteiger partial charge on any atom is 0.339 e. The summed E-state index contributed by atoms with van der Waals surface area (Å²) in [6, 6.07) is 9.08. The third-order valence-electron chi connectivity index (χ3n) is 4.38. The minimum absolute atomic E-state index is 0.0910. The van der Waals surface area contributed by atoms with E-state index in [9.17, 15) is 14.4 Å². The fourth-order valence-electron chi connectivity index (χ4n) is 2.99. The Morgan fingerprint density at radius 3 is 2.44 bits per heavy atom. The van der Waals surface area contributed by atoms with Crippen LogP contribution in [0.1, 0.15) is 34.1 Å². The summed E-state index contributed by atoms with van der Waals surface area (Å²) in [7, 11) is 1.54. The quantitative estimate of drug-likeness (QED) is 0.658. The van der Waals surface area contributed by atoms with Gasteiger partial charge in [-0.05, 0) is 32.4 Å². The molecule has 7 nitrogen and oxygen atoms in total. The molecular formula is C20H21N3O4. The maximum atomic E-state index is 13.1. The van der Waals surface area contributed by atoms with Gasteiger partial charge in [-0.2, -0.15) is 0 Å². The van der Waals surface area contributed by atoms with Crippen molar-refractivity contribution in [2.75, 3.05) is 6.61 Å². The predicted molar refractivity (Wildman–Crippen MR) is 102 cm³/mol. The van der Waals surface area contributed by atoms with Gasteiger partial charge in [-0.15, -0.1) is 0 Å². The molecule has 3 rings (SSSR count). The number of ether oxygens (including phenoxy) is 1. The van der Waals surface area contributed by atoms with E-state index in [-0.39, 0.29) is 29.7 Å². The van der Waals surface area contributed by atoms with Gasteiger partial charge < -0.3 is 4.74 Å². The lowest BCUT2D eigenvalue weighted by Gasteiger charge is -2.13. The van der Waals surface area contributed by atoms with Gasteiger partial charge in [0.05, 0.1) is 24.1 Å². The molecular weight excluding hydrogens is 346 g/mol. The maximum absolute atomic E-state index is 13.1. The minimum atomic E-state index is -0.606. The lowest BCUT2D eigenvalue weighted by atomic mass is 10.1. The van der Waals surface area contributed by atoms with E-state index in [1.165, 1.54) is 17.7 Å². The van der Waals surface area contributed by atoms with Crippen molar-refractivity contribution in [3.8, 4) is 0 Å². The molecule has 0 atom stereocenters. The number of fused-ring (bicyclic) bond motifs is 1. The summed E-state index contributed by atoms with van der Waals surface area (Å²) in [6.45, 7) is 5.65. The second kappa shape index (κ2) is 7.19. The monoisotopic (exact) mass is 367 g/mol. The van der Waals surface area contributed by atoms with Crippen LogP contribution in [0.25, 0.3) is 11.0 Å². The molecule has 0 fully saturated rings. The van der Waals surface area contributed by atoms with E-state index in [1.54, 1.807) is 13.8 Å². The van der Waals surface area contributed by atoms with Gasteiger partial charge in [0.15, 0.2) is 0 Å². The molecule has 0 N–H and O–H groups in total. The molecule has 3 aromatic rings. The molecule has 0 radical (unpaired) electrons. The van der Waals surface area contributed by atoms with Crippen LogP contribution in [-0.2, 0) is 18.3 Å². The van der Waals surface area contributed by atoms with E-state index in [2.05, 4.69) is 4.98 Å². The number of carbonyl (C=O) groups is 1. The van der Waals surface area contributed by atoms with Crippen LogP contribution in [0.15, 0.2) is 39.9 Å². The molecule has 0 spiro atoms. The summed E-state index contributed by atoms with van der Waals surface area (Å²) in [4.78, 5) is 42.6. The highest BCUT2D eigenvalue weighted by Crippen LogP contribution is 2.15. The van der Waals surface area contributed by atoms with Gasteiger partial charge in [0.2, 0.25) is 0 Å². The lowest BCUT2D eigenvalue weighted by molar-refractivity contribution is 0.0528. The average Bonchev–Trinajstić information content (AvgIpc) is 2.64. The van der Waals surface area contributed by atoms with Crippen LogP contribution in [0, 0.1) is 13.8 Å². The number of pyridine rings is 1. The van der Waals surface area contributed by atoms with Crippen molar-refractivity contribution in [1.82, 2.24) is 14.1 Å². The van der Waals surface area contributed by atoms with Crippen molar-refractivity contribution in [1.29, 1.82) is 0 Å². The predicted octanol–water partition coefficient (Wildman–Crippen LogP) is 1.94. The number of hydrogen-bond acceptors (Lipinski definition) is 5. The average molecular weight is 367 g/mol. The molecule has 2 aromatic heterocycles. The zero-order valence-corrected chi connectivity index (χ0v) is 15.8. The van der Waals surface area contributed by atoms with Gasteiger partial charge in [-0.25, -0.2) is 14.6 Å². The zero-order chi connectivity index (χ0) is 19.7. The molecule has 0 amide bonds. The molecule has 0 saturated heterocycles. The number of nitrogens with zero attached hydrogens (tertiary/aromatic N) is 3. The van der Waals surface area contributed by atoms with Gasteiger partial charge in [-0.3, -0.25) is 13.9 Å². The van der Waals surface area contributed by atoms with Crippen molar-refractivity contribution >= 4 is 17.0 Å². The molecule has 0 bridgehead atoms. The Morgan fingerprint density at radius 2 is 1.81 bits per heavy atom. The highest BCUT2D eigenvalue weighted by Gasteiger charge is 2.21. The van der Waals surface area contributed by atoms with Crippen LogP contribution in [0.2, 0.25) is 0 Å².